The van der Waals surface area contributed by atoms with Crippen LogP contribution in [0.2, 0.25) is 0 Å². The molecule has 4 rings (SSSR count). The molecule has 6 heteroatoms. The summed E-state index contributed by atoms with van der Waals surface area (Å²) in [5, 5.41) is 13.8. The predicted octanol–water partition coefficient (Wildman–Crippen LogP) is 3.29. The number of nitrogens with one attached hydrogen (secondary N) is 1. The number of nitrogens with zero attached hydrogens (tertiary/aromatic N) is 3. The second-order valence-corrected chi connectivity index (χ2v) is 7.87. The molecule has 2 aliphatic heterocycles. The molecule has 1 atom stereocenters. The Labute approximate surface area is 167 Å². The van der Waals surface area contributed by atoms with E-state index < -0.39 is 0 Å². The highest BCUT2D eigenvalue weighted by Gasteiger charge is 2.22. The van der Waals surface area contributed by atoms with Crippen LogP contribution >= 0.6 is 0 Å². The van der Waals surface area contributed by atoms with E-state index in [0.717, 1.165) is 50.6 Å². The van der Waals surface area contributed by atoms with Gasteiger partial charge in [-0.15, -0.1) is 0 Å². The van der Waals surface area contributed by atoms with Crippen molar-refractivity contribution in [1.29, 1.82) is 0 Å². The van der Waals surface area contributed by atoms with Gasteiger partial charge in [0.2, 0.25) is 0 Å². The van der Waals surface area contributed by atoms with Crippen LogP contribution in [0.15, 0.2) is 30.3 Å². The lowest BCUT2D eigenvalue weighted by Gasteiger charge is -2.34. The Morgan fingerprint density at radius 1 is 1.14 bits per heavy atom. The van der Waals surface area contributed by atoms with Crippen molar-refractivity contribution in [3.8, 4) is 17.1 Å². The number of hydrogen-bond donors (Lipinski definition) is 2. The quantitative estimate of drug-likeness (QED) is 0.827. The molecule has 6 nitrogen and oxygen atoms in total. The second-order valence-electron chi connectivity index (χ2n) is 7.87. The lowest BCUT2D eigenvalue weighted by atomic mass is 10.0. The number of aromatic hydroxyl groups is 1. The maximum atomic E-state index is 10.1. The van der Waals surface area contributed by atoms with Crippen LogP contribution < -0.4 is 10.2 Å². The minimum atomic E-state index is 0.215. The molecule has 28 heavy (non-hydrogen) atoms. The SMILES string of the molecule is Cc1cc(N2CCC(NC[C@@H]3CCCCO3)CC2)nc(-c2ccccc2O)n1. The number of hydrogen-bond acceptors (Lipinski definition) is 6. The van der Waals surface area contributed by atoms with Gasteiger partial charge in [-0.1, -0.05) is 12.1 Å². The van der Waals surface area contributed by atoms with Gasteiger partial charge >= 0.3 is 0 Å². The third-order valence-corrected chi connectivity index (χ3v) is 5.71. The fourth-order valence-electron chi connectivity index (χ4n) is 4.08. The number of benzene rings is 1. The average Bonchev–Trinajstić information content (AvgIpc) is 2.73. The van der Waals surface area contributed by atoms with E-state index in [1.165, 1.54) is 19.3 Å². The van der Waals surface area contributed by atoms with Crippen molar-refractivity contribution in [3.63, 3.8) is 0 Å². The molecule has 2 aliphatic rings. The molecule has 2 aromatic rings. The lowest BCUT2D eigenvalue weighted by molar-refractivity contribution is 0.0149. The Kier molecular flexibility index (Phi) is 6.07. The Hall–Kier alpha value is -2.18. The van der Waals surface area contributed by atoms with Crippen LogP contribution in [0.25, 0.3) is 11.4 Å². The predicted molar refractivity (Wildman–Crippen MR) is 111 cm³/mol. The number of ether oxygens (including phenoxy) is 1. The van der Waals surface area contributed by atoms with Gasteiger partial charge < -0.3 is 20.1 Å². The van der Waals surface area contributed by atoms with Crippen molar-refractivity contribution >= 4 is 5.82 Å². The average molecular weight is 383 g/mol. The normalized spacial score (nSPS) is 21.0. The van der Waals surface area contributed by atoms with Gasteiger partial charge in [-0.3, -0.25) is 0 Å². The van der Waals surface area contributed by atoms with Gasteiger partial charge in [0.1, 0.15) is 11.6 Å². The zero-order valence-electron chi connectivity index (χ0n) is 16.6. The van der Waals surface area contributed by atoms with E-state index in [4.69, 9.17) is 9.72 Å². The monoisotopic (exact) mass is 382 g/mol. The summed E-state index contributed by atoms with van der Waals surface area (Å²) in [6.07, 6.45) is 6.26. The number of piperidine rings is 1. The van der Waals surface area contributed by atoms with E-state index in [0.29, 0.717) is 23.5 Å². The van der Waals surface area contributed by atoms with Crippen molar-refractivity contribution in [2.24, 2.45) is 0 Å². The topological polar surface area (TPSA) is 70.5 Å². The largest absolute Gasteiger partial charge is 0.507 e. The molecule has 3 heterocycles. The van der Waals surface area contributed by atoms with Gasteiger partial charge in [0, 0.05) is 44.0 Å². The lowest BCUT2D eigenvalue weighted by Crippen LogP contribution is -2.45. The van der Waals surface area contributed by atoms with Crippen LogP contribution in [0.3, 0.4) is 0 Å². The summed E-state index contributed by atoms with van der Waals surface area (Å²) < 4.78 is 5.83. The number of rotatable bonds is 5. The third-order valence-electron chi connectivity index (χ3n) is 5.71. The molecule has 0 amide bonds. The molecular weight excluding hydrogens is 352 g/mol. The summed E-state index contributed by atoms with van der Waals surface area (Å²) >= 11 is 0. The number of phenols is 1. The van der Waals surface area contributed by atoms with Gasteiger partial charge in [0.05, 0.1) is 11.7 Å². The van der Waals surface area contributed by atoms with E-state index in [1.54, 1.807) is 6.07 Å². The van der Waals surface area contributed by atoms with Crippen molar-refractivity contribution in [1.82, 2.24) is 15.3 Å². The summed E-state index contributed by atoms with van der Waals surface area (Å²) in [5.74, 6) is 1.74. The van der Waals surface area contributed by atoms with E-state index in [2.05, 4.69) is 15.2 Å². The molecule has 0 unspecified atom stereocenters. The van der Waals surface area contributed by atoms with Crippen LogP contribution in [-0.2, 0) is 4.74 Å². The Morgan fingerprint density at radius 2 is 1.96 bits per heavy atom. The van der Waals surface area contributed by atoms with Crippen LogP contribution in [-0.4, -0.2) is 53.5 Å². The molecule has 2 saturated heterocycles. The molecule has 0 saturated carbocycles. The van der Waals surface area contributed by atoms with E-state index in [-0.39, 0.29) is 5.75 Å². The highest BCUT2D eigenvalue weighted by atomic mass is 16.5. The van der Waals surface area contributed by atoms with Crippen molar-refractivity contribution in [2.75, 3.05) is 31.1 Å². The van der Waals surface area contributed by atoms with Crippen LogP contribution in [0, 0.1) is 6.92 Å². The maximum absolute atomic E-state index is 10.1. The first kappa shape index (κ1) is 19.2. The van der Waals surface area contributed by atoms with E-state index in [1.807, 2.05) is 31.2 Å². The van der Waals surface area contributed by atoms with E-state index in [9.17, 15) is 5.11 Å². The molecule has 1 aromatic heterocycles. The van der Waals surface area contributed by atoms with Gasteiger partial charge in [0.15, 0.2) is 5.82 Å². The minimum Gasteiger partial charge on any atom is -0.507 e. The first-order valence-electron chi connectivity index (χ1n) is 10.4. The molecule has 2 fully saturated rings. The number of aromatic nitrogens is 2. The zero-order chi connectivity index (χ0) is 19.3. The number of anilines is 1. The van der Waals surface area contributed by atoms with Crippen molar-refractivity contribution in [2.45, 2.75) is 51.2 Å². The van der Waals surface area contributed by atoms with Gasteiger partial charge in [-0.25, -0.2) is 9.97 Å². The van der Waals surface area contributed by atoms with Crippen LogP contribution in [0.4, 0.5) is 5.82 Å². The number of phenolic OH excluding ortho intramolecular Hbond substituents is 1. The Balaban J connectivity index is 1.37. The molecular formula is C22H30N4O2. The first-order chi connectivity index (χ1) is 13.7. The fraction of sp³-hybridized carbons (Fsp3) is 0.545. The van der Waals surface area contributed by atoms with Gasteiger partial charge in [-0.05, 0) is 51.2 Å². The minimum absolute atomic E-state index is 0.215. The second kappa shape index (κ2) is 8.88. The molecule has 150 valence electrons. The smallest absolute Gasteiger partial charge is 0.165 e. The van der Waals surface area contributed by atoms with Crippen LogP contribution in [0.5, 0.6) is 5.75 Å². The Morgan fingerprint density at radius 3 is 2.71 bits per heavy atom. The van der Waals surface area contributed by atoms with E-state index >= 15 is 0 Å². The van der Waals surface area contributed by atoms with Crippen molar-refractivity contribution in [3.05, 3.63) is 36.0 Å². The third kappa shape index (κ3) is 4.62. The molecule has 1 aromatic carbocycles. The number of aryl methyl sites for hydroxylation is 1. The zero-order valence-corrected chi connectivity index (χ0v) is 16.6. The highest BCUT2D eigenvalue weighted by Crippen LogP contribution is 2.28. The van der Waals surface area contributed by atoms with Crippen molar-refractivity contribution < 1.29 is 9.84 Å². The van der Waals surface area contributed by atoms with Gasteiger partial charge in [0.25, 0.3) is 0 Å². The molecule has 0 radical (unpaired) electrons. The van der Waals surface area contributed by atoms with Gasteiger partial charge in [-0.2, -0.15) is 0 Å². The standard InChI is InChI=1S/C22H30N4O2/c1-16-14-21(25-22(24-16)19-7-2-3-8-20(19)27)26-11-9-17(10-12-26)23-15-18-6-4-5-13-28-18/h2-3,7-8,14,17-18,23,27H,4-6,9-13,15H2,1H3/t18-/m0/s1. The highest BCUT2D eigenvalue weighted by molar-refractivity contribution is 5.65. The fourth-order valence-corrected chi connectivity index (χ4v) is 4.08. The molecule has 0 spiro atoms. The molecule has 0 aliphatic carbocycles. The summed E-state index contributed by atoms with van der Waals surface area (Å²) in [6.45, 7) is 5.80. The Bertz CT molecular complexity index is 784. The summed E-state index contributed by atoms with van der Waals surface area (Å²) in [6, 6.07) is 9.82. The summed E-state index contributed by atoms with van der Waals surface area (Å²) in [5.41, 5.74) is 1.59. The molecule has 0 bridgehead atoms. The summed E-state index contributed by atoms with van der Waals surface area (Å²) in [4.78, 5) is 11.6. The summed E-state index contributed by atoms with van der Waals surface area (Å²) in [7, 11) is 0. The maximum Gasteiger partial charge on any atom is 0.165 e. The van der Waals surface area contributed by atoms with Crippen LogP contribution in [0.1, 0.15) is 37.8 Å². The first-order valence-corrected chi connectivity index (χ1v) is 10.4. The molecule has 2 N–H and O–H groups in total. The number of para-hydroxylation sites is 1.